The van der Waals surface area contributed by atoms with Gasteiger partial charge in [-0.15, -0.1) is 0 Å². The minimum absolute atomic E-state index is 0.0275. The topological polar surface area (TPSA) is 64.4 Å². The molecule has 5 nitrogen and oxygen atoms in total. The van der Waals surface area contributed by atoms with Gasteiger partial charge in [0.1, 0.15) is 18.0 Å². The normalized spacial score (nSPS) is 10.1. The summed E-state index contributed by atoms with van der Waals surface area (Å²) in [6.07, 6.45) is 0. The summed E-state index contributed by atoms with van der Waals surface area (Å²) in [4.78, 5) is 10.5. The van der Waals surface area contributed by atoms with Crippen LogP contribution in [0, 0.1) is 10.1 Å². The Morgan fingerprint density at radius 1 is 1.30 bits per heavy atom. The number of ether oxygens (including phenoxy) is 1. The molecule has 1 N–H and O–H groups in total. The second-order valence-electron chi connectivity index (χ2n) is 4.10. The number of hydrogen-bond donors (Lipinski definition) is 1. The fourth-order valence-electron chi connectivity index (χ4n) is 1.75. The summed E-state index contributed by atoms with van der Waals surface area (Å²) in [5.74, 6) is 0.623. The van der Waals surface area contributed by atoms with Gasteiger partial charge in [-0.2, -0.15) is 0 Å². The van der Waals surface area contributed by atoms with Crippen molar-refractivity contribution in [3.63, 3.8) is 0 Å². The standard InChI is InChI=1S/C14H13ClN2O3/c1-16-13-6-5-10(7-14(13)17(18)19)9-20-12-4-2-3-11(15)8-12/h2-8,16H,9H2,1H3. The monoisotopic (exact) mass is 292 g/mol. The van der Waals surface area contributed by atoms with Gasteiger partial charge in [0.05, 0.1) is 4.92 Å². The van der Waals surface area contributed by atoms with Gasteiger partial charge in [0.25, 0.3) is 5.69 Å². The molecule has 0 bridgehead atoms. The minimum Gasteiger partial charge on any atom is -0.489 e. The van der Waals surface area contributed by atoms with Crippen LogP contribution in [0.4, 0.5) is 11.4 Å². The molecule has 0 unspecified atom stereocenters. The average Bonchev–Trinajstić information content (AvgIpc) is 2.45. The van der Waals surface area contributed by atoms with Crippen molar-refractivity contribution in [3.05, 3.63) is 63.2 Å². The van der Waals surface area contributed by atoms with Gasteiger partial charge in [-0.3, -0.25) is 10.1 Å². The highest BCUT2D eigenvalue weighted by Crippen LogP contribution is 2.26. The molecule has 0 fully saturated rings. The Bertz CT molecular complexity index is 632. The van der Waals surface area contributed by atoms with E-state index < -0.39 is 4.92 Å². The number of rotatable bonds is 5. The van der Waals surface area contributed by atoms with Crippen molar-refractivity contribution in [3.8, 4) is 5.75 Å². The van der Waals surface area contributed by atoms with Gasteiger partial charge in [0.15, 0.2) is 0 Å². The number of nitro groups is 1. The first-order valence-electron chi connectivity index (χ1n) is 5.93. The molecule has 2 aromatic rings. The highest BCUT2D eigenvalue weighted by Gasteiger charge is 2.13. The summed E-state index contributed by atoms with van der Waals surface area (Å²) in [5.41, 5.74) is 1.22. The Hall–Kier alpha value is -2.27. The molecule has 104 valence electrons. The molecule has 0 aliphatic rings. The Morgan fingerprint density at radius 2 is 2.10 bits per heavy atom. The van der Waals surface area contributed by atoms with Crippen LogP contribution in [0.5, 0.6) is 5.75 Å². The lowest BCUT2D eigenvalue weighted by atomic mass is 10.2. The fraction of sp³-hybridized carbons (Fsp3) is 0.143. The van der Waals surface area contributed by atoms with Gasteiger partial charge < -0.3 is 10.1 Å². The first kappa shape index (κ1) is 14.1. The van der Waals surface area contributed by atoms with E-state index in [2.05, 4.69) is 5.32 Å². The predicted molar refractivity (Wildman–Crippen MR) is 78.4 cm³/mol. The van der Waals surface area contributed by atoms with Crippen LogP contribution in [-0.2, 0) is 6.61 Å². The van der Waals surface area contributed by atoms with Gasteiger partial charge in [0.2, 0.25) is 0 Å². The maximum absolute atomic E-state index is 11.0. The average molecular weight is 293 g/mol. The molecule has 0 aliphatic heterocycles. The SMILES string of the molecule is CNc1ccc(COc2cccc(Cl)c2)cc1[N+](=O)[O-]. The third-order valence-corrected chi connectivity index (χ3v) is 2.96. The number of halogens is 1. The molecule has 0 saturated heterocycles. The summed E-state index contributed by atoms with van der Waals surface area (Å²) in [6, 6.07) is 11.9. The molecule has 0 atom stereocenters. The molecule has 0 amide bonds. The molecule has 20 heavy (non-hydrogen) atoms. The fourth-order valence-corrected chi connectivity index (χ4v) is 1.93. The van der Waals surface area contributed by atoms with Crippen molar-refractivity contribution < 1.29 is 9.66 Å². The van der Waals surface area contributed by atoms with Gasteiger partial charge >= 0.3 is 0 Å². The quantitative estimate of drug-likeness (QED) is 0.671. The molecule has 0 saturated carbocycles. The van der Waals surface area contributed by atoms with E-state index in [1.54, 1.807) is 43.4 Å². The lowest BCUT2D eigenvalue weighted by Crippen LogP contribution is -2.00. The number of anilines is 1. The number of nitro benzene ring substituents is 1. The second kappa shape index (κ2) is 6.25. The van der Waals surface area contributed by atoms with E-state index in [0.29, 0.717) is 16.5 Å². The zero-order valence-electron chi connectivity index (χ0n) is 10.8. The first-order chi connectivity index (χ1) is 9.60. The Labute approximate surface area is 121 Å². The second-order valence-corrected chi connectivity index (χ2v) is 4.54. The summed E-state index contributed by atoms with van der Waals surface area (Å²) < 4.78 is 5.55. The predicted octanol–water partition coefficient (Wildman–Crippen LogP) is 3.87. The van der Waals surface area contributed by atoms with E-state index in [1.165, 1.54) is 6.07 Å². The lowest BCUT2D eigenvalue weighted by Gasteiger charge is -2.08. The van der Waals surface area contributed by atoms with Crippen LogP contribution in [-0.4, -0.2) is 12.0 Å². The molecule has 0 spiro atoms. The molecule has 2 aromatic carbocycles. The van der Waals surface area contributed by atoms with Crippen molar-refractivity contribution in [2.45, 2.75) is 6.61 Å². The van der Waals surface area contributed by atoms with E-state index >= 15 is 0 Å². The van der Waals surface area contributed by atoms with Gasteiger partial charge in [-0.25, -0.2) is 0 Å². The van der Waals surface area contributed by atoms with Crippen LogP contribution in [0.25, 0.3) is 0 Å². The van der Waals surface area contributed by atoms with Crippen molar-refractivity contribution >= 4 is 23.0 Å². The highest BCUT2D eigenvalue weighted by molar-refractivity contribution is 6.30. The van der Waals surface area contributed by atoms with E-state index in [0.717, 1.165) is 5.56 Å². The molecular weight excluding hydrogens is 280 g/mol. The van der Waals surface area contributed by atoms with Gasteiger partial charge in [0, 0.05) is 18.1 Å². The zero-order chi connectivity index (χ0) is 14.5. The zero-order valence-corrected chi connectivity index (χ0v) is 11.6. The molecule has 0 aliphatic carbocycles. The summed E-state index contributed by atoms with van der Waals surface area (Å²) in [5, 5.41) is 14.3. The summed E-state index contributed by atoms with van der Waals surface area (Å²) in [7, 11) is 1.64. The maximum atomic E-state index is 11.0. The first-order valence-corrected chi connectivity index (χ1v) is 6.31. The Morgan fingerprint density at radius 3 is 2.75 bits per heavy atom. The van der Waals surface area contributed by atoms with Crippen LogP contribution >= 0.6 is 11.6 Å². The summed E-state index contributed by atoms with van der Waals surface area (Å²) >= 11 is 5.86. The van der Waals surface area contributed by atoms with Crippen LogP contribution < -0.4 is 10.1 Å². The largest absolute Gasteiger partial charge is 0.489 e. The molecule has 0 radical (unpaired) electrons. The lowest BCUT2D eigenvalue weighted by molar-refractivity contribution is -0.384. The van der Waals surface area contributed by atoms with E-state index in [1.807, 2.05) is 0 Å². The van der Waals surface area contributed by atoms with Crippen LogP contribution in [0.3, 0.4) is 0 Å². The molecule has 2 rings (SSSR count). The molecule has 6 heteroatoms. The van der Waals surface area contributed by atoms with Crippen molar-refractivity contribution in [2.75, 3.05) is 12.4 Å². The summed E-state index contributed by atoms with van der Waals surface area (Å²) in [6.45, 7) is 0.241. The van der Waals surface area contributed by atoms with E-state index in [-0.39, 0.29) is 12.3 Å². The van der Waals surface area contributed by atoms with Crippen LogP contribution in [0.2, 0.25) is 5.02 Å². The van der Waals surface area contributed by atoms with Crippen molar-refractivity contribution in [2.24, 2.45) is 0 Å². The van der Waals surface area contributed by atoms with Gasteiger partial charge in [-0.1, -0.05) is 23.7 Å². The number of nitrogens with zero attached hydrogens (tertiary/aromatic N) is 1. The van der Waals surface area contributed by atoms with E-state index in [9.17, 15) is 10.1 Å². The highest BCUT2D eigenvalue weighted by atomic mass is 35.5. The number of nitrogens with one attached hydrogen (secondary N) is 1. The third kappa shape index (κ3) is 3.39. The molecule has 0 aromatic heterocycles. The van der Waals surface area contributed by atoms with Crippen LogP contribution in [0.1, 0.15) is 5.56 Å². The maximum Gasteiger partial charge on any atom is 0.292 e. The van der Waals surface area contributed by atoms with Gasteiger partial charge in [-0.05, 0) is 29.8 Å². The molecular formula is C14H13ClN2O3. The number of benzene rings is 2. The Kier molecular flexibility index (Phi) is 4.42. The van der Waals surface area contributed by atoms with Crippen molar-refractivity contribution in [1.29, 1.82) is 0 Å². The number of hydrogen-bond acceptors (Lipinski definition) is 4. The molecule has 0 heterocycles. The smallest absolute Gasteiger partial charge is 0.292 e. The third-order valence-electron chi connectivity index (χ3n) is 2.73. The van der Waals surface area contributed by atoms with Crippen molar-refractivity contribution in [1.82, 2.24) is 0 Å². The van der Waals surface area contributed by atoms with Crippen LogP contribution in [0.15, 0.2) is 42.5 Å². The van der Waals surface area contributed by atoms with E-state index in [4.69, 9.17) is 16.3 Å². The Balaban J connectivity index is 2.14. The minimum atomic E-state index is -0.422.